The molecule has 0 aliphatic carbocycles. The molecule has 1 aliphatic heterocycles. The van der Waals surface area contributed by atoms with Crippen LogP contribution in [0.2, 0.25) is 0 Å². The molecule has 0 aromatic heterocycles. The first kappa shape index (κ1) is 23.2. The number of hydrogen-bond donors (Lipinski definition) is 1. The molecule has 0 radical (unpaired) electrons. The van der Waals surface area contributed by atoms with E-state index < -0.39 is 10.0 Å². The fourth-order valence-electron chi connectivity index (χ4n) is 3.79. The minimum absolute atomic E-state index is 0.113. The third kappa shape index (κ3) is 5.64. The summed E-state index contributed by atoms with van der Waals surface area (Å²) < 4.78 is 38.6. The van der Waals surface area contributed by atoms with Crippen LogP contribution >= 0.6 is 0 Å². The number of rotatable bonds is 7. The highest BCUT2D eigenvalue weighted by Crippen LogP contribution is 2.22. The molecule has 1 amide bonds. The quantitative estimate of drug-likeness (QED) is 0.707. The van der Waals surface area contributed by atoms with Crippen molar-refractivity contribution in [3.63, 3.8) is 0 Å². The number of aryl methyl sites for hydroxylation is 1. The lowest BCUT2D eigenvalue weighted by atomic mass is 10.1. The van der Waals surface area contributed by atoms with E-state index in [1.54, 1.807) is 19.2 Å². The molecular weight excluding hydrogens is 416 g/mol. The van der Waals surface area contributed by atoms with Crippen molar-refractivity contribution in [3.8, 4) is 5.75 Å². The smallest absolute Gasteiger partial charge is 0.251 e. The van der Waals surface area contributed by atoms with E-state index in [2.05, 4.69) is 5.32 Å². The van der Waals surface area contributed by atoms with Crippen LogP contribution in [0, 0.1) is 6.92 Å². The maximum Gasteiger partial charge on any atom is 0.251 e. The number of methoxy groups -OCH3 is 1. The number of nitrogens with one attached hydrogen (secondary N) is 1. The van der Waals surface area contributed by atoms with Gasteiger partial charge in [-0.3, -0.25) is 4.79 Å². The van der Waals surface area contributed by atoms with Gasteiger partial charge in [0.25, 0.3) is 5.91 Å². The monoisotopic (exact) mass is 446 g/mol. The van der Waals surface area contributed by atoms with Crippen molar-refractivity contribution < 1.29 is 22.7 Å². The lowest BCUT2D eigenvalue weighted by Gasteiger charge is -2.34. The number of carbonyl (C=O) groups is 1. The normalized spacial score (nSPS) is 19.7. The zero-order valence-electron chi connectivity index (χ0n) is 18.4. The zero-order valence-corrected chi connectivity index (χ0v) is 19.2. The number of ether oxygens (including phenoxy) is 2. The van der Waals surface area contributed by atoms with E-state index >= 15 is 0 Å². The Hall–Kier alpha value is -2.42. The van der Waals surface area contributed by atoms with Crippen molar-refractivity contribution in [2.24, 2.45) is 0 Å². The maximum absolute atomic E-state index is 13.1. The summed E-state index contributed by atoms with van der Waals surface area (Å²) in [5.74, 6) is 0.467. The van der Waals surface area contributed by atoms with Crippen LogP contribution in [-0.2, 0) is 21.2 Å². The molecule has 1 saturated heterocycles. The molecule has 8 heteroatoms. The summed E-state index contributed by atoms with van der Waals surface area (Å²) in [5, 5.41) is 2.87. The Labute approximate surface area is 184 Å². The number of sulfonamides is 1. The van der Waals surface area contributed by atoms with Gasteiger partial charge >= 0.3 is 0 Å². The van der Waals surface area contributed by atoms with Gasteiger partial charge in [0, 0.05) is 25.2 Å². The van der Waals surface area contributed by atoms with Gasteiger partial charge in [-0.1, -0.05) is 23.8 Å². The summed E-state index contributed by atoms with van der Waals surface area (Å²) in [6, 6.07) is 12.1. The maximum atomic E-state index is 13.1. The van der Waals surface area contributed by atoms with Crippen LogP contribution in [-0.4, -0.2) is 57.6 Å². The molecule has 2 unspecified atom stereocenters. The highest BCUT2D eigenvalue weighted by molar-refractivity contribution is 7.89. The Morgan fingerprint density at radius 1 is 1.16 bits per heavy atom. The number of morpholine rings is 1. The van der Waals surface area contributed by atoms with Gasteiger partial charge in [0.1, 0.15) is 5.75 Å². The number of amides is 1. The van der Waals surface area contributed by atoms with Crippen LogP contribution in [0.4, 0.5) is 0 Å². The SMILES string of the molecule is COc1ccc(C)cc1CCNC(=O)c1cccc(S(=O)(=O)N2CC(C)OC(C)C2)c1. The standard InChI is InChI=1S/C23H30N2O5S/c1-16-8-9-22(29-4)19(12-16)10-11-24-23(26)20-6-5-7-21(13-20)31(27,28)25-14-17(2)30-18(3)15-25/h5-9,12-13,17-18H,10-11,14-15H2,1-4H3,(H,24,26). The van der Waals surface area contributed by atoms with E-state index in [1.807, 2.05) is 39.0 Å². The van der Waals surface area contributed by atoms with Crippen molar-refractivity contribution in [2.75, 3.05) is 26.7 Å². The minimum atomic E-state index is -3.70. The fourth-order valence-corrected chi connectivity index (χ4v) is 5.43. The Balaban J connectivity index is 1.68. The molecule has 0 spiro atoms. The Kier molecular flexibility index (Phi) is 7.35. The van der Waals surface area contributed by atoms with Gasteiger partial charge in [-0.2, -0.15) is 4.31 Å². The highest BCUT2D eigenvalue weighted by atomic mass is 32.2. The van der Waals surface area contributed by atoms with Crippen molar-refractivity contribution in [2.45, 2.75) is 44.3 Å². The first-order chi connectivity index (χ1) is 14.7. The molecule has 2 aromatic rings. The van der Waals surface area contributed by atoms with Crippen LogP contribution in [0.5, 0.6) is 5.75 Å². The molecule has 2 atom stereocenters. The predicted octanol–water partition coefficient (Wildman–Crippen LogP) is 2.77. The first-order valence-corrected chi connectivity index (χ1v) is 11.8. The van der Waals surface area contributed by atoms with Crippen molar-refractivity contribution in [1.82, 2.24) is 9.62 Å². The van der Waals surface area contributed by atoms with Gasteiger partial charge in [0.15, 0.2) is 0 Å². The van der Waals surface area contributed by atoms with Crippen LogP contribution in [0.3, 0.4) is 0 Å². The van der Waals surface area contributed by atoms with Crippen molar-refractivity contribution >= 4 is 15.9 Å². The van der Waals surface area contributed by atoms with Crippen LogP contribution in [0.25, 0.3) is 0 Å². The summed E-state index contributed by atoms with van der Waals surface area (Å²) in [6.45, 7) is 6.71. The average Bonchev–Trinajstić information content (AvgIpc) is 2.73. The van der Waals surface area contributed by atoms with Crippen LogP contribution < -0.4 is 10.1 Å². The van der Waals surface area contributed by atoms with E-state index in [-0.39, 0.29) is 23.0 Å². The molecule has 0 saturated carbocycles. The van der Waals surface area contributed by atoms with E-state index in [1.165, 1.54) is 16.4 Å². The van der Waals surface area contributed by atoms with Gasteiger partial charge in [-0.15, -0.1) is 0 Å². The molecule has 7 nitrogen and oxygen atoms in total. The lowest BCUT2D eigenvalue weighted by Crippen LogP contribution is -2.48. The van der Waals surface area contributed by atoms with Crippen LogP contribution in [0.1, 0.15) is 35.3 Å². The molecule has 168 valence electrons. The second-order valence-corrected chi connectivity index (χ2v) is 9.87. The van der Waals surface area contributed by atoms with Gasteiger partial charge < -0.3 is 14.8 Å². The van der Waals surface area contributed by atoms with E-state index in [0.29, 0.717) is 31.6 Å². The third-order valence-electron chi connectivity index (χ3n) is 5.24. The topological polar surface area (TPSA) is 84.9 Å². The summed E-state index contributed by atoms with van der Waals surface area (Å²) in [4.78, 5) is 12.8. The van der Waals surface area contributed by atoms with Crippen molar-refractivity contribution in [1.29, 1.82) is 0 Å². The second-order valence-electron chi connectivity index (χ2n) is 7.93. The molecule has 3 rings (SSSR count). The molecule has 2 aromatic carbocycles. The fraction of sp³-hybridized carbons (Fsp3) is 0.435. The predicted molar refractivity (Wildman–Crippen MR) is 119 cm³/mol. The Bertz CT molecular complexity index is 1030. The average molecular weight is 447 g/mol. The molecule has 1 heterocycles. The van der Waals surface area contributed by atoms with E-state index in [9.17, 15) is 13.2 Å². The Morgan fingerprint density at radius 2 is 1.87 bits per heavy atom. The summed E-state index contributed by atoms with van der Waals surface area (Å²) in [6.07, 6.45) is 0.255. The second kappa shape index (κ2) is 9.80. The number of nitrogens with zero attached hydrogens (tertiary/aromatic N) is 1. The molecule has 1 N–H and O–H groups in total. The van der Waals surface area contributed by atoms with Gasteiger partial charge in [0.2, 0.25) is 10.0 Å². The number of benzene rings is 2. The van der Waals surface area contributed by atoms with Gasteiger partial charge in [-0.05, 0) is 57.0 Å². The Morgan fingerprint density at radius 3 is 2.55 bits per heavy atom. The van der Waals surface area contributed by atoms with Gasteiger partial charge in [-0.25, -0.2) is 8.42 Å². The molecule has 1 fully saturated rings. The van der Waals surface area contributed by atoms with E-state index in [4.69, 9.17) is 9.47 Å². The minimum Gasteiger partial charge on any atom is -0.496 e. The van der Waals surface area contributed by atoms with Gasteiger partial charge in [0.05, 0.1) is 24.2 Å². The van der Waals surface area contributed by atoms with E-state index in [0.717, 1.165) is 16.9 Å². The number of carbonyl (C=O) groups excluding carboxylic acids is 1. The number of hydrogen-bond acceptors (Lipinski definition) is 5. The first-order valence-electron chi connectivity index (χ1n) is 10.4. The molecule has 1 aliphatic rings. The third-order valence-corrected chi connectivity index (χ3v) is 7.06. The summed E-state index contributed by atoms with van der Waals surface area (Å²) in [5.41, 5.74) is 2.44. The van der Waals surface area contributed by atoms with Crippen molar-refractivity contribution in [3.05, 3.63) is 59.2 Å². The molecule has 0 bridgehead atoms. The molecular formula is C23H30N2O5S. The highest BCUT2D eigenvalue weighted by Gasteiger charge is 2.32. The summed E-state index contributed by atoms with van der Waals surface area (Å²) >= 11 is 0. The zero-order chi connectivity index (χ0) is 22.6. The summed E-state index contributed by atoms with van der Waals surface area (Å²) in [7, 11) is -2.08. The van der Waals surface area contributed by atoms with Crippen LogP contribution in [0.15, 0.2) is 47.4 Å². The largest absolute Gasteiger partial charge is 0.496 e. The lowest BCUT2D eigenvalue weighted by molar-refractivity contribution is -0.0440. The molecule has 31 heavy (non-hydrogen) atoms.